The lowest BCUT2D eigenvalue weighted by atomic mass is 9.71. The predicted molar refractivity (Wildman–Crippen MR) is 97.0 cm³/mol. The molecule has 0 amide bonds. The molecule has 0 heteroatoms. The SMILES string of the molecule is C1=C2CCCCCCCCCC[C@H]3CCCC[C@H]3C(=C1)CC2. The molecule has 2 bridgehead atoms. The molecule has 0 N–H and O–H groups in total. The summed E-state index contributed by atoms with van der Waals surface area (Å²) >= 11 is 0. The molecule has 0 heterocycles. The minimum absolute atomic E-state index is 0.944. The van der Waals surface area contributed by atoms with Crippen LogP contribution >= 0.6 is 0 Å². The molecule has 0 radical (unpaired) electrons. The van der Waals surface area contributed by atoms with Crippen LogP contribution in [0.4, 0.5) is 0 Å². The van der Waals surface area contributed by atoms with E-state index in [0.29, 0.717) is 0 Å². The Morgan fingerprint density at radius 3 is 1.91 bits per heavy atom. The summed E-state index contributed by atoms with van der Waals surface area (Å²) < 4.78 is 0. The van der Waals surface area contributed by atoms with Gasteiger partial charge in [-0.15, -0.1) is 0 Å². The summed E-state index contributed by atoms with van der Waals surface area (Å²) in [4.78, 5) is 0. The molecule has 4 aliphatic carbocycles. The molecule has 0 unspecified atom stereocenters. The summed E-state index contributed by atoms with van der Waals surface area (Å²) in [5, 5.41) is 0. The van der Waals surface area contributed by atoms with Gasteiger partial charge in [0, 0.05) is 0 Å². The van der Waals surface area contributed by atoms with Crippen molar-refractivity contribution in [2.45, 2.75) is 103 Å². The van der Waals surface area contributed by atoms with E-state index >= 15 is 0 Å². The van der Waals surface area contributed by atoms with Gasteiger partial charge < -0.3 is 0 Å². The Balaban J connectivity index is 1.66. The van der Waals surface area contributed by atoms with Gasteiger partial charge in [-0.05, 0) is 56.8 Å². The zero-order valence-corrected chi connectivity index (χ0v) is 14.6. The second kappa shape index (κ2) is 8.94. The fourth-order valence-corrected chi connectivity index (χ4v) is 5.07. The third-order valence-corrected chi connectivity index (χ3v) is 6.48. The van der Waals surface area contributed by atoms with Gasteiger partial charge >= 0.3 is 0 Å². The molecule has 2 saturated carbocycles. The largest absolute Gasteiger partial charge is 0.0699 e. The average Bonchev–Trinajstić information content (AvgIpc) is 2.56. The summed E-state index contributed by atoms with van der Waals surface area (Å²) in [6, 6.07) is 0. The minimum Gasteiger partial charge on any atom is -0.0699 e. The van der Waals surface area contributed by atoms with Gasteiger partial charge in [0.25, 0.3) is 0 Å². The molecule has 4 aliphatic rings. The van der Waals surface area contributed by atoms with E-state index in [1.54, 1.807) is 5.57 Å². The number of hydrogen-bond acceptors (Lipinski definition) is 0. The lowest BCUT2D eigenvalue weighted by molar-refractivity contribution is 0.245. The van der Waals surface area contributed by atoms with Crippen LogP contribution in [0, 0.1) is 11.8 Å². The Kier molecular flexibility index (Phi) is 6.64. The van der Waals surface area contributed by atoms with E-state index in [-0.39, 0.29) is 0 Å². The van der Waals surface area contributed by atoms with Crippen molar-refractivity contribution in [1.29, 1.82) is 0 Å². The highest BCUT2D eigenvalue weighted by Gasteiger charge is 2.28. The van der Waals surface area contributed by atoms with Crippen LogP contribution in [0.2, 0.25) is 0 Å². The van der Waals surface area contributed by atoms with Crippen molar-refractivity contribution < 1.29 is 0 Å². The second-order valence-electron chi connectivity index (χ2n) is 8.08. The zero-order valence-electron chi connectivity index (χ0n) is 14.6. The van der Waals surface area contributed by atoms with Crippen LogP contribution < -0.4 is 0 Å². The molecule has 0 aromatic rings. The first-order chi connectivity index (χ1) is 10.9. The molecule has 0 aromatic carbocycles. The van der Waals surface area contributed by atoms with Crippen molar-refractivity contribution in [2.24, 2.45) is 11.8 Å². The third kappa shape index (κ3) is 4.74. The highest BCUT2D eigenvalue weighted by atomic mass is 14.3. The van der Waals surface area contributed by atoms with E-state index in [0.717, 1.165) is 11.8 Å². The van der Waals surface area contributed by atoms with Gasteiger partial charge in [0.1, 0.15) is 0 Å². The van der Waals surface area contributed by atoms with Crippen molar-refractivity contribution in [1.82, 2.24) is 0 Å². The molecule has 0 aromatic heterocycles. The monoisotopic (exact) mass is 300 g/mol. The predicted octanol–water partition coefficient (Wildman–Crippen LogP) is 7.35. The molecule has 0 saturated heterocycles. The maximum absolute atomic E-state index is 2.55. The van der Waals surface area contributed by atoms with E-state index in [9.17, 15) is 0 Å². The zero-order chi connectivity index (χ0) is 15.0. The van der Waals surface area contributed by atoms with Crippen LogP contribution in [-0.4, -0.2) is 0 Å². The minimum atomic E-state index is 0.944. The van der Waals surface area contributed by atoms with Gasteiger partial charge in [0.15, 0.2) is 0 Å². The van der Waals surface area contributed by atoms with Crippen molar-refractivity contribution in [2.75, 3.05) is 0 Å². The molecule has 0 nitrogen and oxygen atoms in total. The topological polar surface area (TPSA) is 0 Å². The van der Waals surface area contributed by atoms with E-state index < -0.39 is 0 Å². The molecule has 0 aliphatic heterocycles. The summed E-state index contributed by atoms with van der Waals surface area (Å²) in [5.74, 6) is 1.96. The van der Waals surface area contributed by atoms with Crippen LogP contribution in [0.25, 0.3) is 0 Å². The third-order valence-electron chi connectivity index (χ3n) is 6.48. The Morgan fingerprint density at radius 1 is 0.545 bits per heavy atom. The molecular formula is C22H36. The number of fused-ring (bicyclic) bond motifs is 11. The first-order valence-electron chi connectivity index (χ1n) is 10.3. The van der Waals surface area contributed by atoms with Gasteiger partial charge in [-0.1, -0.05) is 81.1 Å². The van der Waals surface area contributed by atoms with E-state index in [1.807, 2.05) is 5.57 Å². The molecule has 22 heavy (non-hydrogen) atoms. The van der Waals surface area contributed by atoms with Crippen molar-refractivity contribution in [3.8, 4) is 0 Å². The Bertz CT molecular complexity index is 387. The van der Waals surface area contributed by atoms with Gasteiger partial charge in [-0.2, -0.15) is 0 Å². The van der Waals surface area contributed by atoms with E-state index in [1.165, 1.54) is 103 Å². The fraction of sp³-hybridized carbons (Fsp3) is 0.818. The Hall–Kier alpha value is -0.520. The van der Waals surface area contributed by atoms with Gasteiger partial charge in [-0.3, -0.25) is 0 Å². The van der Waals surface area contributed by atoms with Crippen molar-refractivity contribution >= 4 is 0 Å². The van der Waals surface area contributed by atoms with Gasteiger partial charge in [-0.25, -0.2) is 0 Å². The highest BCUT2D eigenvalue weighted by Crippen LogP contribution is 2.41. The molecule has 2 atom stereocenters. The standard InChI is InChI=1S/C22H36/c1-2-4-6-8-12-20-13-9-10-14-22(20)21-17-15-19(16-18-21)11-7-5-3-1/h15,17,20,22H,1-14,16,18H2/t20-,22+/m0/s1. The smallest absolute Gasteiger partial charge is 0.0172 e. The molecular weight excluding hydrogens is 264 g/mol. The number of allylic oxidation sites excluding steroid dienone is 4. The normalized spacial score (nSPS) is 32.0. The second-order valence-corrected chi connectivity index (χ2v) is 8.08. The average molecular weight is 301 g/mol. The maximum Gasteiger partial charge on any atom is -0.0172 e. The first kappa shape index (κ1) is 16.3. The molecule has 2 fully saturated rings. The van der Waals surface area contributed by atoms with E-state index in [2.05, 4.69) is 12.2 Å². The maximum atomic E-state index is 2.55. The Labute approximate surface area is 138 Å². The van der Waals surface area contributed by atoms with Crippen LogP contribution in [0.5, 0.6) is 0 Å². The summed E-state index contributed by atoms with van der Waals surface area (Å²) in [7, 11) is 0. The van der Waals surface area contributed by atoms with Crippen LogP contribution in [0.1, 0.15) is 103 Å². The number of rotatable bonds is 0. The summed E-state index contributed by atoms with van der Waals surface area (Å²) in [6.07, 6.45) is 28.5. The molecule has 0 spiro atoms. The highest BCUT2D eigenvalue weighted by molar-refractivity contribution is 5.26. The fourth-order valence-electron chi connectivity index (χ4n) is 5.07. The van der Waals surface area contributed by atoms with Gasteiger partial charge in [0.05, 0.1) is 0 Å². The van der Waals surface area contributed by atoms with Crippen molar-refractivity contribution in [3.05, 3.63) is 23.3 Å². The first-order valence-corrected chi connectivity index (χ1v) is 10.3. The molecule has 4 rings (SSSR count). The van der Waals surface area contributed by atoms with Crippen LogP contribution in [-0.2, 0) is 0 Å². The number of hydrogen-bond donors (Lipinski definition) is 0. The lowest BCUT2D eigenvalue weighted by Gasteiger charge is -2.35. The summed E-state index contributed by atoms with van der Waals surface area (Å²) in [6.45, 7) is 0. The Morgan fingerprint density at radius 2 is 1.18 bits per heavy atom. The lowest BCUT2D eigenvalue weighted by Crippen LogP contribution is -2.22. The van der Waals surface area contributed by atoms with Gasteiger partial charge in [0.2, 0.25) is 0 Å². The summed E-state index contributed by atoms with van der Waals surface area (Å²) in [5.41, 5.74) is 3.56. The van der Waals surface area contributed by atoms with Crippen LogP contribution in [0.3, 0.4) is 0 Å². The quantitative estimate of drug-likeness (QED) is 0.438. The van der Waals surface area contributed by atoms with E-state index in [4.69, 9.17) is 0 Å². The van der Waals surface area contributed by atoms with Crippen molar-refractivity contribution in [3.63, 3.8) is 0 Å². The molecule has 124 valence electrons. The van der Waals surface area contributed by atoms with Crippen LogP contribution in [0.15, 0.2) is 23.3 Å².